The number of para-hydroxylation sites is 1. The summed E-state index contributed by atoms with van der Waals surface area (Å²) in [4.78, 5) is 39.4. The van der Waals surface area contributed by atoms with Crippen LogP contribution in [0.4, 0.5) is 0 Å². The highest BCUT2D eigenvalue weighted by Crippen LogP contribution is 2.42. The van der Waals surface area contributed by atoms with E-state index in [9.17, 15) is 9.59 Å². The molecule has 2 aliphatic rings. The van der Waals surface area contributed by atoms with Gasteiger partial charge in [-0.2, -0.15) is 0 Å². The highest BCUT2D eigenvalue weighted by molar-refractivity contribution is 7.15. The van der Waals surface area contributed by atoms with Gasteiger partial charge >= 0.3 is 0 Å². The number of likely N-dealkylation sites (tertiary alicyclic amines) is 1. The van der Waals surface area contributed by atoms with Crippen LogP contribution in [-0.2, 0) is 0 Å². The van der Waals surface area contributed by atoms with Gasteiger partial charge < -0.3 is 10.2 Å². The standard InChI is InChI=1S/C30H30N4O2S/c1-19-33-27(28(37-19)21-9-3-2-4-10-21)30(36)34-18-22-11-5-6-14-23(22)25(34)17-32-29(35)24-15-7-12-20-13-8-16-31-26(20)24/h2-4,7-10,12-13,15-16,22-23,25H,5-6,11,14,17-18H2,1H3,(H,32,35)/t22-,23-,25+/m0/s1. The maximum atomic E-state index is 14.0. The summed E-state index contributed by atoms with van der Waals surface area (Å²) in [7, 11) is 0. The van der Waals surface area contributed by atoms with Gasteiger partial charge in [0.2, 0.25) is 0 Å². The van der Waals surface area contributed by atoms with Gasteiger partial charge in [0.15, 0.2) is 0 Å². The van der Waals surface area contributed by atoms with Crippen molar-refractivity contribution in [1.29, 1.82) is 0 Å². The van der Waals surface area contributed by atoms with Crippen LogP contribution in [0.5, 0.6) is 0 Å². The molecule has 2 aromatic carbocycles. The van der Waals surface area contributed by atoms with Gasteiger partial charge in [-0.1, -0.05) is 61.4 Å². The molecule has 3 atom stereocenters. The quantitative estimate of drug-likeness (QED) is 0.372. The molecule has 3 heterocycles. The maximum absolute atomic E-state index is 14.0. The van der Waals surface area contributed by atoms with Crippen molar-refractivity contribution in [3.05, 3.63) is 83.1 Å². The third-order valence-corrected chi connectivity index (χ3v) is 8.90. The second-order valence-corrected chi connectivity index (χ2v) is 11.3. The predicted molar refractivity (Wildman–Crippen MR) is 147 cm³/mol. The number of rotatable bonds is 5. The molecule has 0 bridgehead atoms. The topological polar surface area (TPSA) is 75.2 Å². The number of carbonyl (C=O) groups excluding carboxylic acids is 2. The Hall–Kier alpha value is -3.58. The minimum Gasteiger partial charge on any atom is -0.350 e. The minimum atomic E-state index is -0.148. The molecule has 37 heavy (non-hydrogen) atoms. The molecule has 1 aliphatic heterocycles. The van der Waals surface area contributed by atoms with Gasteiger partial charge in [0.1, 0.15) is 5.69 Å². The van der Waals surface area contributed by atoms with Crippen molar-refractivity contribution in [2.45, 2.75) is 38.6 Å². The molecule has 0 spiro atoms. The smallest absolute Gasteiger partial charge is 0.274 e. The number of amides is 2. The summed E-state index contributed by atoms with van der Waals surface area (Å²) in [6.45, 7) is 3.11. The van der Waals surface area contributed by atoms with Crippen LogP contribution in [0.1, 0.15) is 51.5 Å². The number of fused-ring (bicyclic) bond motifs is 2. The summed E-state index contributed by atoms with van der Waals surface area (Å²) in [5.74, 6) is 0.691. The lowest BCUT2D eigenvalue weighted by Gasteiger charge is -2.30. The zero-order valence-electron chi connectivity index (χ0n) is 20.9. The predicted octanol–water partition coefficient (Wildman–Crippen LogP) is 5.73. The first-order chi connectivity index (χ1) is 18.1. The molecule has 1 aliphatic carbocycles. The Morgan fingerprint density at radius 3 is 2.70 bits per heavy atom. The van der Waals surface area contributed by atoms with E-state index in [1.54, 1.807) is 17.5 Å². The highest BCUT2D eigenvalue weighted by atomic mass is 32.1. The van der Waals surface area contributed by atoms with Crippen LogP contribution in [0.15, 0.2) is 66.9 Å². The number of hydrogen-bond acceptors (Lipinski definition) is 5. The first-order valence-corrected chi connectivity index (χ1v) is 13.9. The number of aromatic nitrogens is 2. The van der Waals surface area contributed by atoms with Gasteiger partial charge in [0, 0.05) is 24.7 Å². The molecule has 4 aromatic rings. The summed E-state index contributed by atoms with van der Waals surface area (Å²) in [6, 6.07) is 19.5. The van der Waals surface area contributed by atoms with E-state index in [0.29, 0.717) is 35.2 Å². The zero-order valence-corrected chi connectivity index (χ0v) is 21.7. The summed E-state index contributed by atoms with van der Waals surface area (Å²) < 4.78 is 0. The largest absolute Gasteiger partial charge is 0.350 e. The van der Waals surface area contributed by atoms with Crippen LogP contribution in [0, 0.1) is 18.8 Å². The molecule has 7 heteroatoms. The Kier molecular flexibility index (Phi) is 6.47. The van der Waals surface area contributed by atoms with Crippen molar-refractivity contribution < 1.29 is 9.59 Å². The molecule has 2 fully saturated rings. The van der Waals surface area contributed by atoms with E-state index in [4.69, 9.17) is 4.98 Å². The third kappa shape index (κ3) is 4.53. The van der Waals surface area contributed by atoms with Crippen LogP contribution in [0.25, 0.3) is 21.3 Å². The summed E-state index contributed by atoms with van der Waals surface area (Å²) in [5.41, 5.74) is 2.81. The lowest BCUT2D eigenvalue weighted by Crippen LogP contribution is -2.46. The average molecular weight is 511 g/mol. The second kappa shape index (κ2) is 10.1. The molecule has 188 valence electrons. The summed E-state index contributed by atoms with van der Waals surface area (Å²) >= 11 is 1.56. The van der Waals surface area contributed by atoms with Gasteiger partial charge in [0.05, 0.1) is 27.0 Å². The summed E-state index contributed by atoms with van der Waals surface area (Å²) in [5, 5.41) is 4.98. The van der Waals surface area contributed by atoms with Crippen molar-refractivity contribution in [3.63, 3.8) is 0 Å². The SMILES string of the molecule is Cc1nc(C(=O)N2C[C@@H]3CCCC[C@@H]3[C@H]2CNC(=O)c2cccc3cccnc23)c(-c2ccccc2)s1. The van der Waals surface area contributed by atoms with Crippen molar-refractivity contribution in [2.75, 3.05) is 13.1 Å². The Labute approximate surface area is 220 Å². The molecule has 6 nitrogen and oxygen atoms in total. The van der Waals surface area contributed by atoms with Crippen LogP contribution < -0.4 is 5.32 Å². The maximum Gasteiger partial charge on any atom is 0.274 e. The Morgan fingerprint density at radius 1 is 1.03 bits per heavy atom. The van der Waals surface area contributed by atoms with E-state index in [1.807, 2.05) is 72.5 Å². The number of hydrogen-bond donors (Lipinski definition) is 1. The minimum absolute atomic E-state index is 0.0244. The molecule has 1 saturated carbocycles. The fraction of sp³-hybridized carbons (Fsp3) is 0.333. The molecule has 0 unspecified atom stereocenters. The number of thiazole rings is 1. The Morgan fingerprint density at radius 2 is 1.84 bits per heavy atom. The Balaban J connectivity index is 1.28. The highest BCUT2D eigenvalue weighted by Gasteiger charge is 2.45. The number of pyridine rings is 1. The number of benzene rings is 2. The molecular formula is C30H30N4O2S. The number of nitrogens with zero attached hydrogens (tertiary/aromatic N) is 3. The van der Waals surface area contributed by atoms with E-state index in [-0.39, 0.29) is 17.9 Å². The monoisotopic (exact) mass is 510 g/mol. The molecule has 6 rings (SSSR count). The van der Waals surface area contributed by atoms with E-state index < -0.39 is 0 Å². The Bertz CT molecular complexity index is 1450. The van der Waals surface area contributed by atoms with Crippen molar-refractivity contribution in [2.24, 2.45) is 11.8 Å². The van der Waals surface area contributed by atoms with Crippen LogP contribution in [0.2, 0.25) is 0 Å². The molecule has 1 N–H and O–H groups in total. The fourth-order valence-electron chi connectivity index (χ4n) is 6.16. The summed E-state index contributed by atoms with van der Waals surface area (Å²) in [6.07, 6.45) is 6.31. The van der Waals surface area contributed by atoms with E-state index >= 15 is 0 Å². The van der Waals surface area contributed by atoms with Gasteiger partial charge in [-0.15, -0.1) is 11.3 Å². The first kappa shape index (κ1) is 23.8. The zero-order chi connectivity index (χ0) is 25.4. The fourth-order valence-corrected chi connectivity index (χ4v) is 7.07. The normalized spacial score (nSPS) is 21.1. The molecule has 2 amide bonds. The van der Waals surface area contributed by atoms with Crippen LogP contribution in [0.3, 0.4) is 0 Å². The number of nitrogens with one attached hydrogen (secondary N) is 1. The number of carbonyl (C=O) groups is 2. The van der Waals surface area contributed by atoms with Gasteiger partial charge in [0.25, 0.3) is 11.8 Å². The van der Waals surface area contributed by atoms with Crippen molar-refractivity contribution >= 4 is 34.1 Å². The molecule has 1 saturated heterocycles. The lowest BCUT2D eigenvalue weighted by atomic mass is 9.78. The average Bonchev–Trinajstić information content (AvgIpc) is 3.52. The first-order valence-electron chi connectivity index (χ1n) is 13.1. The van der Waals surface area contributed by atoms with Crippen LogP contribution in [-0.4, -0.2) is 45.8 Å². The van der Waals surface area contributed by atoms with Crippen molar-refractivity contribution in [1.82, 2.24) is 20.2 Å². The van der Waals surface area contributed by atoms with Gasteiger partial charge in [-0.25, -0.2) is 4.98 Å². The van der Waals surface area contributed by atoms with E-state index in [2.05, 4.69) is 10.3 Å². The van der Waals surface area contributed by atoms with Gasteiger partial charge in [-0.3, -0.25) is 14.6 Å². The van der Waals surface area contributed by atoms with E-state index in [1.165, 1.54) is 12.8 Å². The van der Waals surface area contributed by atoms with Crippen molar-refractivity contribution in [3.8, 4) is 10.4 Å². The number of aryl methyl sites for hydroxylation is 1. The second-order valence-electron chi connectivity index (χ2n) is 10.1. The molecule has 2 aromatic heterocycles. The molecular weight excluding hydrogens is 480 g/mol. The molecule has 0 radical (unpaired) electrons. The van der Waals surface area contributed by atoms with Gasteiger partial charge in [-0.05, 0) is 49.3 Å². The van der Waals surface area contributed by atoms with Crippen LogP contribution >= 0.6 is 11.3 Å². The van der Waals surface area contributed by atoms with E-state index in [0.717, 1.165) is 40.2 Å². The lowest BCUT2D eigenvalue weighted by molar-refractivity contribution is 0.0699. The third-order valence-electron chi connectivity index (χ3n) is 7.88.